The molecule has 2 aromatic heterocycles. The fourth-order valence-electron chi connectivity index (χ4n) is 3.59. The minimum absolute atomic E-state index is 0.0179. The van der Waals surface area contributed by atoms with Crippen LogP contribution in [-0.4, -0.2) is 21.0 Å². The lowest BCUT2D eigenvalue weighted by Crippen LogP contribution is -2.04. The van der Waals surface area contributed by atoms with E-state index in [1.807, 2.05) is 37.4 Å². The predicted octanol–water partition coefficient (Wildman–Crippen LogP) is 5.83. The molecule has 0 unspecified atom stereocenters. The molecule has 0 bridgehead atoms. The highest BCUT2D eigenvalue weighted by molar-refractivity contribution is 7.17. The van der Waals surface area contributed by atoms with Gasteiger partial charge < -0.3 is 9.84 Å². The third-order valence-corrected chi connectivity index (χ3v) is 6.19. The highest BCUT2D eigenvalue weighted by atomic mass is 32.1. The Morgan fingerprint density at radius 3 is 2.72 bits per heavy atom. The summed E-state index contributed by atoms with van der Waals surface area (Å²) >= 11 is 1.70. The smallest absolute Gasteiger partial charge is 0.304 e. The summed E-state index contributed by atoms with van der Waals surface area (Å²) in [7, 11) is 0. The average Bonchev–Trinajstić information content (AvgIpc) is 3.21. The molecule has 4 rings (SSSR count). The van der Waals surface area contributed by atoms with Crippen molar-refractivity contribution in [2.24, 2.45) is 0 Å². The first-order valence-electron chi connectivity index (χ1n) is 10.2. The Balaban J connectivity index is 1.51. The number of ether oxygens (including phenoxy) is 1. The molecule has 0 fully saturated rings. The number of fused-ring (bicyclic) bond motifs is 1. The molecule has 160 valence electrons. The molecule has 1 N–H and O–H groups in total. The fraction of sp³-hybridized carbons (Fsp3) is 0.192. The molecule has 0 saturated heterocycles. The summed E-state index contributed by atoms with van der Waals surface area (Å²) in [6.45, 7) is 4.14. The zero-order chi connectivity index (χ0) is 22.5. The summed E-state index contributed by atoms with van der Waals surface area (Å²) < 4.78 is 7.20. The van der Waals surface area contributed by atoms with Gasteiger partial charge in [0.15, 0.2) is 0 Å². The van der Waals surface area contributed by atoms with Crippen LogP contribution in [0.4, 0.5) is 0 Å². The molecule has 4 aromatic rings. The van der Waals surface area contributed by atoms with Gasteiger partial charge in [0.05, 0.1) is 12.3 Å². The fourth-order valence-corrected chi connectivity index (χ4v) is 4.54. The van der Waals surface area contributed by atoms with Crippen molar-refractivity contribution in [2.75, 3.05) is 0 Å². The summed E-state index contributed by atoms with van der Waals surface area (Å²) in [5.41, 5.74) is 5.07. The first-order valence-corrected chi connectivity index (χ1v) is 11.1. The number of hydrogen-bond donors (Lipinski definition) is 1. The Bertz CT molecular complexity index is 1320. The van der Waals surface area contributed by atoms with E-state index in [1.54, 1.807) is 24.6 Å². The van der Waals surface area contributed by atoms with Gasteiger partial charge in [-0.2, -0.15) is 0 Å². The number of aromatic nitrogens is 2. The number of thiophene rings is 1. The van der Waals surface area contributed by atoms with Crippen LogP contribution in [-0.2, 0) is 11.4 Å². The second kappa shape index (κ2) is 9.63. The van der Waals surface area contributed by atoms with Crippen LogP contribution in [0.2, 0.25) is 0 Å². The van der Waals surface area contributed by atoms with Crippen LogP contribution in [0.15, 0.2) is 60.4 Å². The minimum Gasteiger partial charge on any atom is -0.489 e. The van der Waals surface area contributed by atoms with E-state index in [-0.39, 0.29) is 12.3 Å². The van der Waals surface area contributed by atoms with E-state index in [2.05, 4.69) is 45.4 Å². The molecule has 0 radical (unpaired) electrons. The molecule has 32 heavy (non-hydrogen) atoms. The second-order valence-corrected chi connectivity index (χ2v) is 8.32. The Labute approximate surface area is 190 Å². The van der Waals surface area contributed by atoms with Gasteiger partial charge >= 0.3 is 5.97 Å². The molecule has 2 heterocycles. The molecule has 5 nitrogen and oxygen atoms in total. The predicted molar refractivity (Wildman–Crippen MR) is 127 cm³/mol. The molecular formula is C26H22N2O3S. The molecule has 6 heteroatoms. The first kappa shape index (κ1) is 21.5. The number of rotatable bonds is 7. The van der Waals surface area contributed by atoms with Crippen molar-refractivity contribution in [1.29, 1.82) is 0 Å². The van der Waals surface area contributed by atoms with E-state index in [0.717, 1.165) is 33.7 Å². The Morgan fingerprint density at radius 1 is 1.19 bits per heavy atom. The largest absolute Gasteiger partial charge is 0.489 e. The number of carbonyl (C=O) groups is 1. The van der Waals surface area contributed by atoms with Gasteiger partial charge in [0.25, 0.3) is 0 Å². The van der Waals surface area contributed by atoms with Crippen molar-refractivity contribution < 1.29 is 14.6 Å². The van der Waals surface area contributed by atoms with E-state index in [1.165, 1.54) is 10.1 Å². The summed E-state index contributed by atoms with van der Waals surface area (Å²) in [6, 6.07) is 13.8. The average molecular weight is 443 g/mol. The maximum Gasteiger partial charge on any atom is 0.304 e. The number of hydrogen-bond acceptors (Lipinski definition) is 5. The first-order chi connectivity index (χ1) is 15.5. The molecule has 0 aliphatic heterocycles. The van der Waals surface area contributed by atoms with Crippen molar-refractivity contribution in [3.05, 3.63) is 77.2 Å². The molecule has 0 saturated carbocycles. The normalized spacial score (nSPS) is 11.6. The molecule has 0 amide bonds. The van der Waals surface area contributed by atoms with E-state index < -0.39 is 5.97 Å². The Kier molecular flexibility index (Phi) is 6.48. The number of carboxylic acid groups (broad SMARTS) is 1. The summed E-state index contributed by atoms with van der Waals surface area (Å²) in [6.07, 6.45) is 3.40. The van der Waals surface area contributed by atoms with Crippen LogP contribution in [0.3, 0.4) is 0 Å². The molecule has 0 aliphatic carbocycles. The van der Waals surface area contributed by atoms with Crippen LogP contribution in [0.1, 0.15) is 36.1 Å². The number of aliphatic carboxylic acids is 1. The third-order valence-electron chi connectivity index (χ3n) is 5.22. The van der Waals surface area contributed by atoms with Gasteiger partial charge in [-0.1, -0.05) is 24.1 Å². The number of benzene rings is 2. The highest BCUT2D eigenvalue weighted by Gasteiger charge is 2.14. The number of nitrogens with zero attached hydrogens (tertiary/aromatic N) is 2. The second-order valence-electron chi connectivity index (χ2n) is 7.40. The van der Waals surface area contributed by atoms with Crippen LogP contribution in [0, 0.1) is 18.8 Å². The molecular weight excluding hydrogens is 420 g/mol. The number of carboxylic acids is 1. The topological polar surface area (TPSA) is 72.3 Å². The van der Waals surface area contributed by atoms with Gasteiger partial charge in [0.2, 0.25) is 0 Å². The van der Waals surface area contributed by atoms with Gasteiger partial charge in [-0.15, -0.1) is 17.3 Å². The lowest BCUT2D eigenvalue weighted by Gasteiger charge is -2.11. The minimum atomic E-state index is -0.862. The van der Waals surface area contributed by atoms with Gasteiger partial charge in [-0.05, 0) is 54.6 Å². The highest BCUT2D eigenvalue weighted by Crippen LogP contribution is 2.35. The van der Waals surface area contributed by atoms with Gasteiger partial charge in [-0.3, -0.25) is 4.79 Å². The molecule has 2 aromatic carbocycles. The van der Waals surface area contributed by atoms with Gasteiger partial charge in [0.1, 0.15) is 18.7 Å². The lowest BCUT2D eigenvalue weighted by atomic mass is 9.96. The van der Waals surface area contributed by atoms with Crippen LogP contribution < -0.4 is 4.74 Å². The molecule has 0 spiro atoms. The Morgan fingerprint density at radius 2 is 2.00 bits per heavy atom. The van der Waals surface area contributed by atoms with Crippen molar-refractivity contribution in [3.8, 4) is 28.7 Å². The maximum absolute atomic E-state index is 11.1. The Hall–Kier alpha value is -3.69. The van der Waals surface area contributed by atoms with Crippen molar-refractivity contribution in [1.82, 2.24) is 9.97 Å². The molecule has 0 aliphatic rings. The van der Waals surface area contributed by atoms with Gasteiger partial charge in [-0.25, -0.2) is 9.97 Å². The van der Waals surface area contributed by atoms with E-state index >= 15 is 0 Å². The van der Waals surface area contributed by atoms with Crippen molar-refractivity contribution in [3.63, 3.8) is 0 Å². The molecule has 1 atom stereocenters. The lowest BCUT2D eigenvalue weighted by molar-refractivity contribution is -0.137. The monoisotopic (exact) mass is 442 g/mol. The standard InChI is InChI=1S/C26H22N2O3S/c1-3-4-20(12-26(29)30)19-6-8-21(9-7-19)31-14-18-5-10-25-22(11-18)24(15-32-25)23-13-27-16-28-17(23)2/h5-11,13,15-16,20H,12,14H2,1-2H3,(H,29,30)/t20-/m0/s1. The van der Waals surface area contributed by atoms with E-state index in [9.17, 15) is 4.79 Å². The van der Waals surface area contributed by atoms with Crippen LogP contribution >= 0.6 is 11.3 Å². The van der Waals surface area contributed by atoms with Crippen molar-refractivity contribution in [2.45, 2.75) is 32.8 Å². The van der Waals surface area contributed by atoms with E-state index in [0.29, 0.717) is 6.61 Å². The summed E-state index contributed by atoms with van der Waals surface area (Å²) in [5, 5.41) is 12.4. The van der Waals surface area contributed by atoms with Crippen molar-refractivity contribution >= 4 is 27.4 Å². The quantitative estimate of drug-likeness (QED) is 0.365. The zero-order valence-electron chi connectivity index (χ0n) is 17.8. The SMILES string of the molecule is CC#C[C@@H](CC(=O)O)c1ccc(OCc2ccc3scc(-c4cncnc4C)c3c2)cc1. The zero-order valence-corrected chi connectivity index (χ0v) is 18.6. The van der Waals surface area contributed by atoms with Crippen LogP contribution in [0.25, 0.3) is 21.2 Å². The summed E-state index contributed by atoms with van der Waals surface area (Å²) in [4.78, 5) is 19.6. The summed E-state index contributed by atoms with van der Waals surface area (Å²) in [5.74, 6) is 5.32. The van der Waals surface area contributed by atoms with Gasteiger partial charge in [0, 0.05) is 33.1 Å². The van der Waals surface area contributed by atoms with E-state index in [4.69, 9.17) is 9.84 Å². The number of aryl methyl sites for hydroxylation is 1. The van der Waals surface area contributed by atoms with Crippen LogP contribution in [0.5, 0.6) is 5.75 Å². The third kappa shape index (κ3) is 4.79. The maximum atomic E-state index is 11.1.